The molecule has 0 N–H and O–H groups in total. The third kappa shape index (κ3) is 24.2. The first-order chi connectivity index (χ1) is 16.1. The maximum atomic E-state index is 12.0. The standard InChI is InChI=1S/C28H54O4S/c1-3-5-7-9-11-13-15-17-19-21-23-31-27(29)25-26(33)28(30)32-24-22-20-18-16-14-12-10-8-6-4-2/h26,33H,3-25H2,1-2H3. The molecule has 196 valence electrons. The largest absolute Gasteiger partial charge is 0.466 e. The van der Waals surface area contributed by atoms with E-state index in [0.717, 1.165) is 25.7 Å². The van der Waals surface area contributed by atoms with E-state index in [1.54, 1.807) is 0 Å². The zero-order chi connectivity index (χ0) is 24.4. The van der Waals surface area contributed by atoms with Crippen molar-refractivity contribution >= 4 is 24.6 Å². The van der Waals surface area contributed by atoms with Crippen LogP contribution < -0.4 is 0 Å². The first-order valence-electron chi connectivity index (χ1n) is 14.1. The van der Waals surface area contributed by atoms with E-state index < -0.39 is 11.2 Å². The summed E-state index contributed by atoms with van der Waals surface area (Å²) in [5.41, 5.74) is 0. The van der Waals surface area contributed by atoms with Crippen molar-refractivity contribution in [2.45, 2.75) is 154 Å². The highest BCUT2D eigenvalue weighted by molar-refractivity contribution is 7.81. The Morgan fingerprint density at radius 2 is 0.879 bits per heavy atom. The molecule has 0 saturated carbocycles. The lowest BCUT2D eigenvalue weighted by molar-refractivity contribution is -0.149. The lowest BCUT2D eigenvalue weighted by Crippen LogP contribution is -2.23. The number of unbranched alkanes of at least 4 members (excludes halogenated alkanes) is 18. The van der Waals surface area contributed by atoms with Gasteiger partial charge in [0.05, 0.1) is 19.6 Å². The molecule has 0 aliphatic carbocycles. The molecule has 0 spiro atoms. The molecule has 1 unspecified atom stereocenters. The first kappa shape index (κ1) is 32.3. The van der Waals surface area contributed by atoms with Gasteiger partial charge < -0.3 is 9.47 Å². The van der Waals surface area contributed by atoms with E-state index in [4.69, 9.17) is 9.47 Å². The van der Waals surface area contributed by atoms with Crippen molar-refractivity contribution in [2.75, 3.05) is 13.2 Å². The SMILES string of the molecule is CCCCCCCCCCCCOC(=O)CC(S)C(=O)OCCCCCCCCCCCC. The molecule has 0 aromatic carbocycles. The fourth-order valence-corrected chi connectivity index (χ4v) is 4.16. The summed E-state index contributed by atoms with van der Waals surface area (Å²) in [5, 5.41) is -0.728. The number of rotatable bonds is 25. The molecule has 0 aromatic rings. The molecule has 4 nitrogen and oxygen atoms in total. The van der Waals surface area contributed by atoms with Crippen molar-refractivity contribution < 1.29 is 19.1 Å². The molecule has 0 aliphatic rings. The molecule has 0 radical (unpaired) electrons. The van der Waals surface area contributed by atoms with Crippen LogP contribution in [0.1, 0.15) is 149 Å². The topological polar surface area (TPSA) is 52.6 Å². The van der Waals surface area contributed by atoms with E-state index in [0.29, 0.717) is 13.2 Å². The van der Waals surface area contributed by atoms with Gasteiger partial charge in [-0.15, -0.1) is 0 Å². The summed E-state index contributed by atoms with van der Waals surface area (Å²) in [6.45, 7) is 5.34. The number of carbonyl (C=O) groups excluding carboxylic acids is 2. The highest BCUT2D eigenvalue weighted by Crippen LogP contribution is 2.13. The van der Waals surface area contributed by atoms with Gasteiger partial charge in [0.1, 0.15) is 5.25 Å². The number of ether oxygens (including phenoxy) is 2. The Labute approximate surface area is 210 Å². The van der Waals surface area contributed by atoms with Crippen LogP contribution in [0.15, 0.2) is 0 Å². The van der Waals surface area contributed by atoms with E-state index in [2.05, 4.69) is 26.5 Å². The summed E-state index contributed by atoms with van der Waals surface area (Å²) in [5.74, 6) is -0.771. The Balaban J connectivity index is 3.46. The second-order valence-corrected chi connectivity index (χ2v) is 10.1. The zero-order valence-corrected chi connectivity index (χ0v) is 22.8. The predicted octanol–water partition coefficient (Wildman–Crippen LogP) is 8.60. The van der Waals surface area contributed by atoms with Gasteiger partial charge in [0.2, 0.25) is 0 Å². The van der Waals surface area contributed by atoms with Crippen LogP contribution in [0.3, 0.4) is 0 Å². The molecule has 0 bridgehead atoms. The van der Waals surface area contributed by atoms with Gasteiger partial charge in [0.15, 0.2) is 0 Å². The maximum Gasteiger partial charge on any atom is 0.319 e. The van der Waals surface area contributed by atoms with Crippen LogP contribution in [-0.4, -0.2) is 30.4 Å². The molecule has 0 saturated heterocycles. The molecular formula is C28H54O4S. The van der Waals surface area contributed by atoms with Gasteiger partial charge in [-0.3, -0.25) is 9.59 Å². The lowest BCUT2D eigenvalue weighted by Gasteiger charge is -2.11. The number of hydrogen-bond acceptors (Lipinski definition) is 5. The molecule has 0 rings (SSSR count). The summed E-state index contributed by atoms with van der Waals surface area (Å²) in [6.07, 6.45) is 24.9. The van der Waals surface area contributed by atoms with Crippen LogP contribution in [0.5, 0.6) is 0 Å². The Kier molecular flexibility index (Phi) is 25.3. The second kappa shape index (κ2) is 25.9. The van der Waals surface area contributed by atoms with Crippen molar-refractivity contribution in [3.63, 3.8) is 0 Å². The van der Waals surface area contributed by atoms with Crippen LogP contribution in [0.2, 0.25) is 0 Å². The number of esters is 2. The monoisotopic (exact) mass is 486 g/mol. The van der Waals surface area contributed by atoms with Crippen LogP contribution >= 0.6 is 12.6 Å². The summed E-state index contributed by atoms with van der Waals surface area (Å²) in [7, 11) is 0. The minimum absolute atomic E-state index is 0.0161. The average Bonchev–Trinajstić information content (AvgIpc) is 2.80. The minimum atomic E-state index is -0.728. The van der Waals surface area contributed by atoms with Crippen molar-refractivity contribution in [2.24, 2.45) is 0 Å². The number of thiol groups is 1. The van der Waals surface area contributed by atoms with Gasteiger partial charge in [0.25, 0.3) is 0 Å². The van der Waals surface area contributed by atoms with Crippen molar-refractivity contribution in [1.29, 1.82) is 0 Å². The van der Waals surface area contributed by atoms with Crippen LogP contribution in [0.4, 0.5) is 0 Å². The minimum Gasteiger partial charge on any atom is -0.466 e. The maximum absolute atomic E-state index is 12.0. The molecule has 0 aromatic heterocycles. The van der Waals surface area contributed by atoms with Gasteiger partial charge in [-0.25, -0.2) is 0 Å². The molecular weight excluding hydrogens is 432 g/mol. The smallest absolute Gasteiger partial charge is 0.319 e. The fourth-order valence-electron chi connectivity index (χ4n) is 3.93. The molecule has 0 aliphatic heterocycles. The molecule has 5 heteroatoms. The molecule has 0 heterocycles. The third-order valence-corrected chi connectivity index (χ3v) is 6.53. The van der Waals surface area contributed by atoms with Gasteiger partial charge in [-0.1, -0.05) is 129 Å². The van der Waals surface area contributed by atoms with Crippen molar-refractivity contribution in [3.8, 4) is 0 Å². The quantitative estimate of drug-likeness (QED) is 0.0797. The van der Waals surface area contributed by atoms with Gasteiger partial charge in [-0.05, 0) is 12.8 Å². The Morgan fingerprint density at radius 3 is 1.27 bits per heavy atom. The van der Waals surface area contributed by atoms with Crippen LogP contribution in [0, 0.1) is 0 Å². The van der Waals surface area contributed by atoms with Gasteiger partial charge >= 0.3 is 11.9 Å². The highest BCUT2D eigenvalue weighted by Gasteiger charge is 2.20. The summed E-state index contributed by atoms with van der Waals surface area (Å²) >= 11 is 4.23. The second-order valence-electron chi connectivity index (χ2n) is 9.47. The third-order valence-electron chi connectivity index (χ3n) is 6.14. The number of hydrogen-bond donors (Lipinski definition) is 1. The zero-order valence-electron chi connectivity index (χ0n) is 21.9. The predicted molar refractivity (Wildman–Crippen MR) is 143 cm³/mol. The fraction of sp³-hybridized carbons (Fsp3) is 0.929. The summed E-state index contributed by atoms with van der Waals surface area (Å²) in [4.78, 5) is 23.9. The average molecular weight is 487 g/mol. The van der Waals surface area contributed by atoms with Crippen LogP contribution in [0.25, 0.3) is 0 Å². The summed E-state index contributed by atoms with van der Waals surface area (Å²) in [6, 6.07) is 0. The van der Waals surface area contributed by atoms with E-state index >= 15 is 0 Å². The van der Waals surface area contributed by atoms with Crippen molar-refractivity contribution in [1.82, 2.24) is 0 Å². The molecule has 0 amide bonds. The van der Waals surface area contributed by atoms with E-state index in [9.17, 15) is 9.59 Å². The van der Waals surface area contributed by atoms with Crippen LogP contribution in [-0.2, 0) is 19.1 Å². The highest BCUT2D eigenvalue weighted by atomic mass is 32.1. The van der Waals surface area contributed by atoms with Gasteiger partial charge in [0, 0.05) is 0 Å². The molecule has 33 heavy (non-hydrogen) atoms. The Hall–Kier alpha value is -0.710. The van der Waals surface area contributed by atoms with Gasteiger partial charge in [-0.2, -0.15) is 12.6 Å². The molecule has 0 fully saturated rings. The lowest BCUT2D eigenvalue weighted by atomic mass is 10.1. The van der Waals surface area contributed by atoms with E-state index in [-0.39, 0.29) is 12.4 Å². The van der Waals surface area contributed by atoms with E-state index in [1.165, 1.54) is 103 Å². The van der Waals surface area contributed by atoms with Crippen molar-refractivity contribution in [3.05, 3.63) is 0 Å². The Bertz CT molecular complexity index is 442. The number of carbonyl (C=O) groups is 2. The first-order valence-corrected chi connectivity index (χ1v) is 14.6. The molecule has 1 atom stereocenters. The normalized spacial score (nSPS) is 12.0. The van der Waals surface area contributed by atoms with E-state index in [1.807, 2.05) is 0 Å². The summed E-state index contributed by atoms with van der Waals surface area (Å²) < 4.78 is 10.5. The Morgan fingerprint density at radius 1 is 0.545 bits per heavy atom.